The molecule has 1 unspecified atom stereocenters. The molecule has 12 heteroatoms. The molecule has 7 amide bonds. The number of carbonyl (C=O) groups excluding carboxylic acids is 5. The van der Waals surface area contributed by atoms with Gasteiger partial charge in [-0.1, -0.05) is 6.92 Å². The third kappa shape index (κ3) is 8.35. The second-order valence-electron chi connectivity index (χ2n) is 8.73. The fraction of sp³-hybridized carbons (Fsp3) is 0.714. The Kier molecular flexibility index (Phi) is 10.3. The van der Waals surface area contributed by atoms with E-state index in [1.54, 1.807) is 28.8 Å². The average Bonchev–Trinajstić information content (AvgIpc) is 3.37. The Morgan fingerprint density at radius 2 is 1.27 bits per heavy atom. The summed E-state index contributed by atoms with van der Waals surface area (Å²) in [5.74, 6) is 0.815. The zero-order valence-corrected chi connectivity index (χ0v) is 21.0. The van der Waals surface area contributed by atoms with Crippen LogP contribution >= 0.6 is 0 Å². The van der Waals surface area contributed by atoms with Crippen LogP contribution in [-0.4, -0.2) is 133 Å². The normalized spacial score (nSPS) is 22.2. The van der Waals surface area contributed by atoms with E-state index in [2.05, 4.69) is 12.0 Å². The van der Waals surface area contributed by atoms with Crippen LogP contribution in [0.4, 0.5) is 9.59 Å². The predicted molar refractivity (Wildman–Crippen MR) is 123 cm³/mol. The van der Waals surface area contributed by atoms with Gasteiger partial charge < -0.3 is 19.6 Å². The molecule has 0 aromatic rings. The molecule has 3 fully saturated rings. The minimum atomic E-state index is -0.222. The van der Waals surface area contributed by atoms with Gasteiger partial charge in [-0.2, -0.15) is 5.10 Å². The third-order valence-corrected chi connectivity index (χ3v) is 5.41. The summed E-state index contributed by atoms with van der Waals surface area (Å²) in [5, 5.41) is 5.24. The minimum Gasteiger partial charge on any atom is -0.345 e. The van der Waals surface area contributed by atoms with Gasteiger partial charge in [0.05, 0.1) is 6.42 Å². The van der Waals surface area contributed by atoms with E-state index in [-0.39, 0.29) is 36.3 Å². The van der Waals surface area contributed by atoms with Crippen molar-refractivity contribution in [3.63, 3.8) is 0 Å². The largest absolute Gasteiger partial charge is 0.345 e. The summed E-state index contributed by atoms with van der Waals surface area (Å²) in [5.41, 5.74) is 0.900. The number of urea groups is 2. The topological polar surface area (TPSA) is 117 Å². The summed E-state index contributed by atoms with van der Waals surface area (Å²) >= 11 is 0. The predicted octanol–water partition coefficient (Wildman–Crippen LogP) is 0.203. The molecule has 4 aliphatic rings. The first-order chi connectivity index (χ1) is 15.2. The molecule has 3 saturated heterocycles. The number of amides is 7. The van der Waals surface area contributed by atoms with E-state index in [0.717, 1.165) is 36.7 Å². The first-order valence-corrected chi connectivity index (χ1v) is 10.8. The number of likely N-dealkylation sites (tertiary alicyclic amines) is 1. The number of hydrogen-bond donors (Lipinski definition) is 0. The van der Waals surface area contributed by atoms with E-state index in [1.807, 2.05) is 28.1 Å². The molecule has 12 nitrogen and oxygen atoms in total. The highest BCUT2D eigenvalue weighted by Gasteiger charge is 2.29. The van der Waals surface area contributed by atoms with E-state index in [0.29, 0.717) is 12.3 Å². The summed E-state index contributed by atoms with van der Waals surface area (Å²) in [7, 11) is 10.2. The number of likely N-dealkylation sites (N-methyl/N-ethyl adjacent to an activating group) is 4. The zero-order valence-electron chi connectivity index (χ0n) is 21.0. The maximum Gasteiger partial charge on any atom is 0.326 e. The van der Waals surface area contributed by atoms with Crippen LogP contribution < -0.4 is 0 Å². The Bertz CT molecular complexity index is 786. The van der Waals surface area contributed by atoms with Crippen molar-refractivity contribution >= 4 is 35.5 Å². The van der Waals surface area contributed by atoms with Crippen LogP contribution in [-0.2, 0) is 14.4 Å². The van der Waals surface area contributed by atoms with E-state index in [9.17, 15) is 24.0 Å². The maximum atomic E-state index is 10.8. The van der Waals surface area contributed by atoms with Gasteiger partial charge in [0.2, 0.25) is 17.7 Å². The molecule has 0 spiro atoms. The van der Waals surface area contributed by atoms with Crippen molar-refractivity contribution in [1.29, 1.82) is 0 Å². The van der Waals surface area contributed by atoms with Crippen molar-refractivity contribution in [1.82, 2.24) is 29.5 Å². The fourth-order valence-corrected chi connectivity index (χ4v) is 3.29. The molecule has 0 radical (unpaired) electrons. The lowest BCUT2D eigenvalue weighted by molar-refractivity contribution is -0.127. The van der Waals surface area contributed by atoms with Gasteiger partial charge in [0.1, 0.15) is 6.54 Å². The van der Waals surface area contributed by atoms with Crippen LogP contribution in [0.2, 0.25) is 0 Å². The second kappa shape index (κ2) is 12.2. The number of hydrazone groups is 1. The van der Waals surface area contributed by atoms with Crippen molar-refractivity contribution in [3.8, 4) is 0 Å². The van der Waals surface area contributed by atoms with Crippen molar-refractivity contribution in [2.45, 2.75) is 26.7 Å². The van der Waals surface area contributed by atoms with Crippen LogP contribution in [0, 0.1) is 5.92 Å². The molecular weight excluding hydrogens is 430 g/mol. The number of nitrogens with zero attached hydrogens (tertiary/aromatic N) is 7. The summed E-state index contributed by atoms with van der Waals surface area (Å²) in [6.07, 6.45) is 1.24. The lowest BCUT2D eigenvalue weighted by Crippen LogP contribution is -2.27. The Hall–Kier alpha value is -3.18. The molecule has 0 bridgehead atoms. The van der Waals surface area contributed by atoms with Crippen molar-refractivity contribution in [2.24, 2.45) is 11.0 Å². The Balaban J connectivity index is 0.000000220. The van der Waals surface area contributed by atoms with Gasteiger partial charge in [0.25, 0.3) is 0 Å². The van der Waals surface area contributed by atoms with Gasteiger partial charge in [-0.15, -0.1) is 0 Å². The first-order valence-electron chi connectivity index (χ1n) is 10.8. The van der Waals surface area contributed by atoms with Crippen molar-refractivity contribution in [3.05, 3.63) is 0 Å². The Morgan fingerprint density at radius 3 is 1.39 bits per heavy atom. The highest BCUT2D eigenvalue weighted by molar-refractivity contribution is 6.03. The molecule has 1 atom stereocenters. The van der Waals surface area contributed by atoms with E-state index in [4.69, 9.17) is 0 Å². The maximum absolute atomic E-state index is 10.8. The van der Waals surface area contributed by atoms with E-state index < -0.39 is 0 Å². The second-order valence-corrected chi connectivity index (χ2v) is 8.73. The number of imide groups is 1. The number of hydrogen-bond acceptors (Lipinski definition) is 6. The molecule has 4 aliphatic heterocycles. The quantitative estimate of drug-likeness (QED) is 0.472. The summed E-state index contributed by atoms with van der Waals surface area (Å²) in [4.78, 5) is 61.2. The molecule has 4 heterocycles. The molecular formula is C21H37N7O5. The van der Waals surface area contributed by atoms with Crippen LogP contribution in [0.3, 0.4) is 0 Å². The van der Waals surface area contributed by atoms with Gasteiger partial charge >= 0.3 is 12.1 Å². The van der Waals surface area contributed by atoms with E-state index >= 15 is 0 Å². The fourth-order valence-electron chi connectivity index (χ4n) is 3.29. The summed E-state index contributed by atoms with van der Waals surface area (Å²) in [6, 6.07) is -0.0926. The summed E-state index contributed by atoms with van der Waals surface area (Å²) in [6.45, 7) is 6.85. The molecule has 0 aromatic heterocycles. The monoisotopic (exact) mass is 467 g/mol. The standard InChI is InChI=1S/C6H11NO.C5H8N2O2.C5H10N2O.C5H8N2O/c1-5-3-6(8)7(2)4-5;1-6-3-4(8)7(2)5(6)9;1-6-3-4-7(2)5(6)8;1-4-3-5(8)7(2)6-4/h5H,3-4H2,1-2H3;3H2,1-2H3;3-4H2,1-2H3;3H2,1-2H3. The van der Waals surface area contributed by atoms with Crippen molar-refractivity contribution < 1.29 is 24.0 Å². The van der Waals surface area contributed by atoms with E-state index in [1.165, 1.54) is 17.0 Å². The molecule has 186 valence electrons. The minimum absolute atomic E-state index is 0.0856. The smallest absolute Gasteiger partial charge is 0.326 e. The van der Waals surface area contributed by atoms with Gasteiger partial charge in [-0.3, -0.25) is 19.3 Å². The van der Waals surface area contributed by atoms with Gasteiger partial charge in [-0.05, 0) is 12.8 Å². The number of rotatable bonds is 0. The molecule has 0 aliphatic carbocycles. The molecule has 4 rings (SSSR count). The Labute approximate surface area is 195 Å². The summed E-state index contributed by atoms with van der Waals surface area (Å²) < 4.78 is 0. The SMILES string of the molecule is CC1=NN(C)C(=O)C1.CC1CC(=O)N(C)C1.CN1CC(=O)N(C)C1=O.CN1CCN(C)C1=O. The lowest BCUT2D eigenvalue weighted by atomic mass is 10.2. The van der Waals surface area contributed by atoms with Crippen LogP contribution in [0.15, 0.2) is 5.10 Å². The average molecular weight is 468 g/mol. The van der Waals surface area contributed by atoms with Gasteiger partial charge in [-0.25, -0.2) is 14.6 Å². The van der Waals surface area contributed by atoms with Crippen LogP contribution in [0.25, 0.3) is 0 Å². The molecule has 0 N–H and O–H groups in total. The highest BCUT2D eigenvalue weighted by atomic mass is 16.2. The third-order valence-electron chi connectivity index (χ3n) is 5.41. The zero-order chi connectivity index (χ0) is 25.5. The van der Waals surface area contributed by atoms with Crippen LogP contribution in [0.1, 0.15) is 26.7 Å². The number of carbonyl (C=O) groups is 5. The van der Waals surface area contributed by atoms with Gasteiger partial charge in [0.15, 0.2) is 0 Å². The molecule has 33 heavy (non-hydrogen) atoms. The van der Waals surface area contributed by atoms with Gasteiger partial charge in [0, 0.05) is 74.1 Å². The molecule has 0 aromatic carbocycles. The highest BCUT2D eigenvalue weighted by Crippen LogP contribution is 2.13. The first kappa shape index (κ1) is 27.9. The van der Waals surface area contributed by atoms with Crippen LogP contribution in [0.5, 0.6) is 0 Å². The van der Waals surface area contributed by atoms with Crippen molar-refractivity contribution in [2.75, 3.05) is 68.5 Å². The molecule has 0 saturated carbocycles. The lowest BCUT2D eigenvalue weighted by Gasteiger charge is -2.07. The Morgan fingerprint density at radius 1 is 0.727 bits per heavy atom.